The lowest BCUT2D eigenvalue weighted by Gasteiger charge is -2.28. The fourth-order valence-corrected chi connectivity index (χ4v) is 4.10. The number of hydrogen-bond donors (Lipinski definition) is 3. The molecule has 2 rings (SSSR count). The van der Waals surface area contributed by atoms with Crippen molar-refractivity contribution in [2.45, 2.75) is 51.0 Å². The van der Waals surface area contributed by atoms with Gasteiger partial charge in [0.2, 0.25) is 0 Å². The summed E-state index contributed by atoms with van der Waals surface area (Å²) in [5.74, 6) is -0.177. The molecule has 3 N–H and O–H groups in total. The normalized spacial score (nSPS) is 27.1. The van der Waals surface area contributed by atoms with Crippen LogP contribution in [0.15, 0.2) is 21.9 Å². The number of hydrogen-bond acceptors (Lipinski definition) is 5. The van der Waals surface area contributed by atoms with E-state index in [9.17, 15) is 23.9 Å². The van der Waals surface area contributed by atoms with Crippen molar-refractivity contribution in [1.82, 2.24) is 9.55 Å². The van der Waals surface area contributed by atoms with E-state index in [0.717, 1.165) is 0 Å². The Balaban J connectivity index is 2.32. The van der Waals surface area contributed by atoms with E-state index in [4.69, 9.17) is 9.47 Å². The summed E-state index contributed by atoms with van der Waals surface area (Å²) in [5.41, 5.74) is -1.03. The second kappa shape index (κ2) is 7.97. The first-order valence-corrected chi connectivity index (χ1v) is 9.96. The summed E-state index contributed by atoms with van der Waals surface area (Å²) >= 11 is 0. The molecule has 0 aliphatic heterocycles. The van der Waals surface area contributed by atoms with Gasteiger partial charge in [-0.3, -0.25) is 18.9 Å². The Morgan fingerprint density at radius 2 is 2.04 bits per heavy atom. The Morgan fingerprint density at radius 3 is 2.56 bits per heavy atom. The molecule has 1 aromatic rings. The van der Waals surface area contributed by atoms with Crippen LogP contribution in [0.3, 0.4) is 0 Å². The highest BCUT2D eigenvalue weighted by atomic mass is 31.2. The third-order valence-corrected chi connectivity index (χ3v) is 5.25. The molecule has 0 saturated heterocycles. The highest BCUT2D eigenvalue weighted by Crippen LogP contribution is 2.44. The number of aromatic nitrogens is 2. The first-order valence-electron chi connectivity index (χ1n) is 8.16. The molecule has 1 fully saturated rings. The summed E-state index contributed by atoms with van der Waals surface area (Å²) in [4.78, 5) is 44.0. The van der Waals surface area contributed by atoms with Gasteiger partial charge in [-0.1, -0.05) is 0 Å². The zero-order valence-electron chi connectivity index (χ0n) is 14.5. The van der Waals surface area contributed by atoms with E-state index in [1.54, 1.807) is 0 Å². The number of methoxy groups -OCH3 is 1. The molecule has 1 aliphatic carbocycles. The molecular weight excluding hydrogens is 351 g/mol. The molecule has 0 spiro atoms. The maximum absolute atomic E-state index is 12.1. The minimum atomic E-state index is -4.13. The highest BCUT2D eigenvalue weighted by Gasteiger charge is 2.46. The Labute approximate surface area is 145 Å². The van der Waals surface area contributed by atoms with Gasteiger partial charge in [0, 0.05) is 19.4 Å². The first kappa shape index (κ1) is 20.1. The van der Waals surface area contributed by atoms with E-state index in [1.165, 1.54) is 23.9 Å². The van der Waals surface area contributed by atoms with Crippen molar-refractivity contribution in [3.05, 3.63) is 33.1 Å². The van der Waals surface area contributed by atoms with Crippen molar-refractivity contribution in [2.24, 2.45) is 5.92 Å². The van der Waals surface area contributed by atoms with E-state index in [0.29, 0.717) is 6.42 Å². The minimum Gasteiger partial charge on any atom is -0.377 e. The van der Waals surface area contributed by atoms with Crippen molar-refractivity contribution in [1.29, 1.82) is 0 Å². The average molecular weight is 376 g/mol. The maximum Gasteiger partial charge on any atom is 0.328 e. The van der Waals surface area contributed by atoms with Crippen LogP contribution >= 0.6 is 7.60 Å². The van der Waals surface area contributed by atoms with Gasteiger partial charge in [-0.05, 0) is 32.6 Å². The van der Waals surface area contributed by atoms with Crippen LogP contribution in [0.25, 0.3) is 0 Å². The molecule has 4 atom stereocenters. The van der Waals surface area contributed by atoms with Crippen LogP contribution < -0.4 is 11.2 Å². The predicted octanol–water partition coefficient (Wildman–Crippen LogP) is 0.474. The van der Waals surface area contributed by atoms with Gasteiger partial charge in [-0.25, -0.2) is 4.79 Å². The summed E-state index contributed by atoms with van der Waals surface area (Å²) in [6.07, 6.45) is 0.909. The van der Waals surface area contributed by atoms with Gasteiger partial charge >= 0.3 is 13.3 Å². The molecule has 1 aromatic heterocycles. The van der Waals surface area contributed by atoms with Gasteiger partial charge in [-0.2, -0.15) is 0 Å². The van der Waals surface area contributed by atoms with Gasteiger partial charge in [0.1, 0.15) is 6.10 Å². The Bertz CT molecular complexity index is 738. The SMILES string of the molecule is COC1C(OC(C)C)[C@@H](CCP(=O)(O)O)C[C@H]1n1ccc(=O)[nH]c1=O. The fourth-order valence-electron chi connectivity index (χ4n) is 3.44. The predicted molar refractivity (Wildman–Crippen MR) is 90.8 cm³/mol. The van der Waals surface area contributed by atoms with Crippen molar-refractivity contribution in [2.75, 3.05) is 13.3 Å². The van der Waals surface area contributed by atoms with Crippen molar-refractivity contribution in [3.63, 3.8) is 0 Å². The summed E-state index contributed by atoms with van der Waals surface area (Å²) in [7, 11) is -2.62. The molecule has 9 nitrogen and oxygen atoms in total. The monoisotopic (exact) mass is 376 g/mol. The molecule has 142 valence electrons. The van der Waals surface area contributed by atoms with E-state index >= 15 is 0 Å². The van der Waals surface area contributed by atoms with Gasteiger partial charge in [-0.15, -0.1) is 0 Å². The maximum atomic E-state index is 12.1. The summed E-state index contributed by atoms with van der Waals surface area (Å²) < 4.78 is 24.1. The molecule has 10 heteroatoms. The van der Waals surface area contributed by atoms with Crippen molar-refractivity contribution in [3.8, 4) is 0 Å². The third kappa shape index (κ3) is 5.12. The van der Waals surface area contributed by atoms with Crippen molar-refractivity contribution >= 4 is 7.60 Å². The smallest absolute Gasteiger partial charge is 0.328 e. The van der Waals surface area contributed by atoms with Gasteiger partial charge in [0.15, 0.2) is 0 Å². The zero-order valence-corrected chi connectivity index (χ0v) is 15.4. The lowest BCUT2D eigenvalue weighted by atomic mass is 10.0. The topological polar surface area (TPSA) is 131 Å². The highest BCUT2D eigenvalue weighted by molar-refractivity contribution is 7.51. The van der Waals surface area contributed by atoms with Crippen LogP contribution in [0.2, 0.25) is 0 Å². The molecule has 2 unspecified atom stereocenters. The average Bonchev–Trinajstić information content (AvgIpc) is 2.81. The molecule has 0 amide bonds. The summed E-state index contributed by atoms with van der Waals surface area (Å²) in [5, 5.41) is 0. The molecule has 25 heavy (non-hydrogen) atoms. The quantitative estimate of drug-likeness (QED) is 0.590. The van der Waals surface area contributed by atoms with Gasteiger partial charge < -0.3 is 19.3 Å². The standard InChI is InChI=1S/C15H25N2O7P/c1-9(2)24-13-10(5-7-25(20,21)22)8-11(14(13)23-3)17-6-4-12(18)16-15(17)19/h4,6,9-11,13-14H,5,7-8H2,1-3H3,(H,16,18,19)(H2,20,21,22)/t10-,11+,13?,14?/m0/s1. The fraction of sp³-hybridized carbons (Fsp3) is 0.733. The molecule has 0 radical (unpaired) electrons. The summed E-state index contributed by atoms with van der Waals surface area (Å²) in [6, 6.07) is 0.870. The van der Waals surface area contributed by atoms with Crippen LogP contribution in [-0.4, -0.2) is 50.9 Å². The molecule has 1 aliphatic rings. The lowest BCUT2D eigenvalue weighted by Crippen LogP contribution is -2.39. The zero-order chi connectivity index (χ0) is 18.8. The van der Waals surface area contributed by atoms with Crippen LogP contribution in [0, 0.1) is 5.92 Å². The van der Waals surface area contributed by atoms with Crippen LogP contribution in [-0.2, 0) is 14.0 Å². The van der Waals surface area contributed by atoms with Gasteiger partial charge in [0.05, 0.1) is 24.4 Å². The Kier molecular flexibility index (Phi) is 6.40. The molecular formula is C15H25N2O7P. The largest absolute Gasteiger partial charge is 0.377 e. The number of rotatable bonds is 7. The number of nitrogens with zero attached hydrogens (tertiary/aromatic N) is 1. The first-order chi connectivity index (χ1) is 11.6. The van der Waals surface area contributed by atoms with E-state index in [1.807, 2.05) is 13.8 Å². The number of H-pyrrole nitrogens is 1. The second-order valence-corrected chi connectivity index (χ2v) is 8.38. The second-order valence-electron chi connectivity index (χ2n) is 6.61. The van der Waals surface area contributed by atoms with Crippen LogP contribution in [0.1, 0.15) is 32.7 Å². The Hall–Kier alpha value is -1.25. The van der Waals surface area contributed by atoms with Crippen molar-refractivity contribution < 1.29 is 23.8 Å². The third-order valence-electron chi connectivity index (χ3n) is 4.41. The van der Waals surface area contributed by atoms with E-state index in [-0.39, 0.29) is 30.6 Å². The number of ether oxygens (including phenoxy) is 2. The molecule has 1 saturated carbocycles. The van der Waals surface area contributed by atoms with E-state index in [2.05, 4.69) is 4.98 Å². The minimum absolute atomic E-state index is 0.105. The molecule has 0 aromatic carbocycles. The number of nitrogens with one attached hydrogen (secondary N) is 1. The number of aromatic amines is 1. The molecule has 0 bridgehead atoms. The van der Waals surface area contributed by atoms with Gasteiger partial charge in [0.25, 0.3) is 5.56 Å². The summed E-state index contributed by atoms with van der Waals surface area (Å²) in [6.45, 7) is 3.73. The van der Waals surface area contributed by atoms with E-state index < -0.39 is 31.1 Å². The lowest BCUT2D eigenvalue weighted by molar-refractivity contribution is -0.0891. The van der Waals surface area contributed by atoms with Crippen LogP contribution in [0.5, 0.6) is 0 Å². The van der Waals surface area contributed by atoms with Crippen LogP contribution in [0.4, 0.5) is 0 Å². The molecule has 1 heterocycles. The Morgan fingerprint density at radius 1 is 1.36 bits per heavy atom.